The van der Waals surface area contributed by atoms with E-state index in [2.05, 4.69) is 20.4 Å². The number of hydrogen-bond donors (Lipinski definition) is 0. The number of ether oxygens (including phenoxy) is 2. The molecule has 0 aliphatic carbocycles. The molecule has 0 saturated heterocycles. The molecule has 0 saturated carbocycles. The average Bonchev–Trinajstić information content (AvgIpc) is 2.83. The highest BCUT2D eigenvalue weighted by molar-refractivity contribution is 7.99. The van der Waals surface area contributed by atoms with Gasteiger partial charge in [-0.1, -0.05) is 44.2 Å². The van der Waals surface area contributed by atoms with Gasteiger partial charge in [-0.05, 0) is 72.1 Å². The molecule has 188 valence electrons. The molecular formula is C27H39NO4S2. The van der Waals surface area contributed by atoms with Gasteiger partial charge in [-0.25, -0.2) is 8.42 Å². The van der Waals surface area contributed by atoms with Gasteiger partial charge in [-0.15, -0.1) is 6.58 Å². The van der Waals surface area contributed by atoms with Crippen molar-refractivity contribution >= 4 is 21.8 Å². The van der Waals surface area contributed by atoms with Crippen molar-refractivity contribution in [1.29, 1.82) is 0 Å². The normalized spacial score (nSPS) is 12.6. The number of hydrogen-bond acceptors (Lipinski definition) is 5. The minimum atomic E-state index is -3.55. The fourth-order valence-electron chi connectivity index (χ4n) is 3.60. The molecule has 0 aromatic heterocycles. The summed E-state index contributed by atoms with van der Waals surface area (Å²) in [7, 11) is -0.310. The Hall–Kier alpha value is -1.96. The van der Waals surface area contributed by atoms with E-state index in [1.165, 1.54) is 0 Å². The highest BCUT2D eigenvalue weighted by Crippen LogP contribution is 2.26. The number of benzene rings is 2. The Morgan fingerprint density at radius 2 is 1.41 bits per heavy atom. The van der Waals surface area contributed by atoms with Crippen LogP contribution in [0.3, 0.4) is 0 Å². The largest absolute Gasteiger partial charge is 0.497 e. The standard InChI is InChI=1S/C27H39NO4S2/c1-6-7-8-27(17-18-33-21-22(2)3)34(29,30)28(19-23-9-13-25(31-4)14-10-23)20-24-11-15-26(32-5)16-12-24/h6,9-16,22,27H,1,7-8,17-21H2,2-5H3/t27-/m1/s1. The number of nitrogens with zero attached hydrogens (tertiary/aromatic N) is 1. The Bertz CT molecular complexity index is 908. The quantitative estimate of drug-likeness (QED) is 0.202. The van der Waals surface area contributed by atoms with Crippen LogP contribution in [0, 0.1) is 5.92 Å². The second kappa shape index (κ2) is 14.4. The van der Waals surface area contributed by atoms with Crippen LogP contribution in [0.15, 0.2) is 61.2 Å². The molecule has 0 aliphatic rings. The Balaban J connectivity index is 2.30. The summed E-state index contributed by atoms with van der Waals surface area (Å²) in [6.45, 7) is 8.80. The Morgan fingerprint density at radius 3 is 1.82 bits per heavy atom. The number of methoxy groups -OCH3 is 2. The van der Waals surface area contributed by atoms with Gasteiger partial charge in [0.15, 0.2) is 0 Å². The first-order valence-corrected chi connectivity index (χ1v) is 14.4. The van der Waals surface area contributed by atoms with E-state index < -0.39 is 15.3 Å². The number of sulfonamides is 1. The molecule has 0 spiro atoms. The van der Waals surface area contributed by atoms with E-state index in [1.54, 1.807) is 24.6 Å². The van der Waals surface area contributed by atoms with Crippen molar-refractivity contribution in [3.63, 3.8) is 0 Å². The number of rotatable bonds is 16. The second-order valence-electron chi connectivity index (χ2n) is 8.75. The fourth-order valence-corrected chi connectivity index (χ4v) is 6.76. The van der Waals surface area contributed by atoms with Gasteiger partial charge in [0.25, 0.3) is 0 Å². The van der Waals surface area contributed by atoms with Crippen LogP contribution < -0.4 is 9.47 Å². The van der Waals surface area contributed by atoms with E-state index >= 15 is 0 Å². The second-order valence-corrected chi connectivity index (χ2v) is 12.1. The maximum Gasteiger partial charge on any atom is 0.217 e. The van der Waals surface area contributed by atoms with E-state index in [0.717, 1.165) is 34.1 Å². The van der Waals surface area contributed by atoms with Crippen LogP contribution >= 0.6 is 11.8 Å². The molecule has 0 aliphatic heterocycles. The number of allylic oxidation sites excluding steroid dienone is 1. The van der Waals surface area contributed by atoms with Crippen LogP contribution in [0.5, 0.6) is 11.5 Å². The lowest BCUT2D eigenvalue weighted by atomic mass is 10.2. The summed E-state index contributed by atoms with van der Waals surface area (Å²) in [5.41, 5.74) is 1.85. The van der Waals surface area contributed by atoms with Gasteiger partial charge in [0.1, 0.15) is 11.5 Å². The molecule has 34 heavy (non-hydrogen) atoms. The zero-order valence-electron chi connectivity index (χ0n) is 20.9. The minimum absolute atomic E-state index is 0.308. The highest BCUT2D eigenvalue weighted by Gasteiger charge is 2.31. The molecule has 0 N–H and O–H groups in total. The van der Waals surface area contributed by atoms with Crippen LogP contribution in [-0.2, 0) is 23.1 Å². The summed E-state index contributed by atoms with van der Waals surface area (Å²) >= 11 is 1.83. The smallest absolute Gasteiger partial charge is 0.217 e. The lowest BCUT2D eigenvalue weighted by Gasteiger charge is -2.28. The van der Waals surface area contributed by atoms with Gasteiger partial charge in [0.05, 0.1) is 19.5 Å². The van der Waals surface area contributed by atoms with Crippen LogP contribution in [0.4, 0.5) is 0 Å². The summed E-state index contributed by atoms with van der Waals surface area (Å²) < 4.78 is 40.0. The zero-order valence-corrected chi connectivity index (χ0v) is 22.5. The first kappa shape index (κ1) is 28.3. The van der Waals surface area contributed by atoms with Crippen molar-refractivity contribution in [2.75, 3.05) is 25.7 Å². The van der Waals surface area contributed by atoms with Crippen molar-refractivity contribution in [2.24, 2.45) is 5.92 Å². The summed E-state index contributed by atoms with van der Waals surface area (Å²) in [4.78, 5) is 0. The predicted octanol–water partition coefficient (Wildman–Crippen LogP) is 6.15. The van der Waals surface area contributed by atoms with Crippen molar-refractivity contribution in [3.8, 4) is 11.5 Å². The van der Waals surface area contributed by atoms with E-state index in [4.69, 9.17) is 9.47 Å². The van der Waals surface area contributed by atoms with Gasteiger partial charge in [-0.3, -0.25) is 0 Å². The molecule has 2 aromatic rings. The summed E-state index contributed by atoms with van der Waals surface area (Å²) in [6.07, 6.45) is 3.70. The van der Waals surface area contributed by atoms with Gasteiger partial charge >= 0.3 is 0 Å². The fraction of sp³-hybridized carbons (Fsp3) is 0.481. The molecule has 0 bridgehead atoms. The lowest BCUT2D eigenvalue weighted by Crippen LogP contribution is -2.38. The van der Waals surface area contributed by atoms with Gasteiger partial charge in [-0.2, -0.15) is 16.1 Å². The van der Waals surface area contributed by atoms with Crippen molar-refractivity contribution in [2.45, 2.75) is 51.4 Å². The predicted molar refractivity (Wildman–Crippen MR) is 144 cm³/mol. The molecule has 0 amide bonds. The summed E-state index contributed by atoms with van der Waals surface area (Å²) in [5, 5.41) is -0.443. The molecule has 2 aromatic carbocycles. The first-order chi connectivity index (χ1) is 16.3. The minimum Gasteiger partial charge on any atom is -0.497 e. The third-order valence-electron chi connectivity index (χ3n) is 5.55. The Kier molecular flexibility index (Phi) is 12.0. The van der Waals surface area contributed by atoms with E-state index in [1.807, 2.05) is 60.3 Å². The Labute approximate surface area is 210 Å². The van der Waals surface area contributed by atoms with Crippen LogP contribution in [-0.4, -0.2) is 43.7 Å². The average molecular weight is 506 g/mol. The molecule has 5 nitrogen and oxygen atoms in total. The number of thioether (sulfide) groups is 1. The third kappa shape index (κ3) is 9.01. The first-order valence-electron chi connectivity index (χ1n) is 11.7. The Morgan fingerprint density at radius 1 is 0.912 bits per heavy atom. The summed E-state index contributed by atoms with van der Waals surface area (Å²) in [5.74, 6) is 3.96. The zero-order chi connectivity index (χ0) is 25.0. The van der Waals surface area contributed by atoms with Crippen LogP contribution in [0.2, 0.25) is 0 Å². The van der Waals surface area contributed by atoms with Crippen molar-refractivity contribution in [1.82, 2.24) is 4.31 Å². The third-order valence-corrected chi connectivity index (χ3v) is 9.26. The van der Waals surface area contributed by atoms with E-state index in [9.17, 15) is 8.42 Å². The highest BCUT2D eigenvalue weighted by atomic mass is 32.2. The van der Waals surface area contributed by atoms with E-state index in [0.29, 0.717) is 38.3 Å². The van der Waals surface area contributed by atoms with Crippen molar-refractivity contribution < 1.29 is 17.9 Å². The van der Waals surface area contributed by atoms with Crippen molar-refractivity contribution in [3.05, 3.63) is 72.3 Å². The molecule has 0 fully saturated rings. The van der Waals surface area contributed by atoms with Gasteiger partial charge < -0.3 is 9.47 Å². The van der Waals surface area contributed by atoms with Crippen LogP contribution in [0.25, 0.3) is 0 Å². The summed E-state index contributed by atoms with van der Waals surface area (Å²) in [6, 6.07) is 15.2. The molecule has 0 unspecified atom stereocenters. The van der Waals surface area contributed by atoms with Crippen LogP contribution in [0.1, 0.15) is 44.2 Å². The SMILES string of the molecule is C=CCC[C@H](CCSCC(C)C)S(=O)(=O)N(Cc1ccc(OC)cc1)Cc1ccc(OC)cc1. The van der Waals surface area contributed by atoms with Gasteiger partial charge in [0, 0.05) is 13.1 Å². The maximum atomic E-state index is 14.0. The topological polar surface area (TPSA) is 55.8 Å². The lowest BCUT2D eigenvalue weighted by molar-refractivity contribution is 0.388. The maximum absolute atomic E-state index is 14.0. The van der Waals surface area contributed by atoms with Gasteiger partial charge in [0.2, 0.25) is 10.0 Å². The molecular weight excluding hydrogens is 466 g/mol. The molecule has 2 rings (SSSR count). The molecule has 1 atom stereocenters. The molecule has 0 radical (unpaired) electrons. The monoisotopic (exact) mass is 505 g/mol. The van der Waals surface area contributed by atoms with E-state index in [-0.39, 0.29) is 0 Å². The molecule has 7 heteroatoms. The molecule has 0 heterocycles.